The molecule has 1 aliphatic rings. The van der Waals surface area contributed by atoms with Gasteiger partial charge in [-0.05, 0) is 29.5 Å². The number of hydrogen-bond acceptors (Lipinski definition) is 2. The highest BCUT2D eigenvalue weighted by Crippen LogP contribution is 2.59. The predicted molar refractivity (Wildman–Crippen MR) is 66.9 cm³/mol. The molecular formula is C12H15Cl2NO. The van der Waals surface area contributed by atoms with Gasteiger partial charge in [-0.15, -0.1) is 0 Å². The smallest absolute Gasteiger partial charge is 0.0595 e. The third-order valence-electron chi connectivity index (χ3n) is 3.96. The van der Waals surface area contributed by atoms with Crippen LogP contribution in [0.25, 0.3) is 0 Å². The lowest BCUT2D eigenvalue weighted by atomic mass is 9.92. The van der Waals surface area contributed by atoms with E-state index < -0.39 is 0 Å². The molecular weight excluding hydrogens is 245 g/mol. The van der Waals surface area contributed by atoms with Gasteiger partial charge in [-0.1, -0.05) is 36.2 Å². The minimum absolute atomic E-state index is 0.122. The van der Waals surface area contributed by atoms with Crippen molar-refractivity contribution < 1.29 is 5.11 Å². The standard InChI is InChI=1S/C12H15Cl2NO/c1-7-9(5-16)12(7,6-15)8-2-3-10(13)11(14)4-8/h2-4,7,9,16H,5-6,15H2,1H3/t7-,9?,12+/m1/s1. The van der Waals surface area contributed by atoms with Gasteiger partial charge in [0.05, 0.1) is 10.0 Å². The lowest BCUT2D eigenvalue weighted by molar-refractivity contribution is 0.261. The number of nitrogens with two attached hydrogens (primary N) is 1. The second-order valence-electron chi connectivity index (χ2n) is 4.45. The Kier molecular flexibility index (Phi) is 3.19. The number of benzene rings is 1. The minimum Gasteiger partial charge on any atom is -0.396 e. The normalized spacial score (nSPS) is 32.8. The summed E-state index contributed by atoms with van der Waals surface area (Å²) in [4.78, 5) is 0. The fourth-order valence-electron chi connectivity index (χ4n) is 2.76. The van der Waals surface area contributed by atoms with Crippen molar-refractivity contribution in [3.63, 3.8) is 0 Å². The van der Waals surface area contributed by atoms with E-state index in [9.17, 15) is 5.11 Å². The summed E-state index contributed by atoms with van der Waals surface area (Å²) in [5.41, 5.74) is 6.82. The predicted octanol–water partition coefficient (Wildman–Crippen LogP) is 2.45. The summed E-state index contributed by atoms with van der Waals surface area (Å²) in [7, 11) is 0. The zero-order valence-electron chi connectivity index (χ0n) is 9.08. The highest BCUT2D eigenvalue weighted by atomic mass is 35.5. The molecule has 3 atom stereocenters. The number of halogens is 2. The summed E-state index contributed by atoms with van der Waals surface area (Å²) < 4.78 is 0. The molecule has 2 nitrogen and oxygen atoms in total. The van der Waals surface area contributed by atoms with Gasteiger partial charge in [0, 0.05) is 18.6 Å². The highest BCUT2D eigenvalue weighted by molar-refractivity contribution is 6.42. The van der Waals surface area contributed by atoms with Crippen molar-refractivity contribution in [2.75, 3.05) is 13.2 Å². The molecule has 16 heavy (non-hydrogen) atoms. The number of aliphatic hydroxyl groups excluding tert-OH is 1. The quantitative estimate of drug-likeness (QED) is 0.876. The van der Waals surface area contributed by atoms with Gasteiger partial charge in [0.1, 0.15) is 0 Å². The van der Waals surface area contributed by atoms with Crippen LogP contribution >= 0.6 is 23.2 Å². The third kappa shape index (κ3) is 1.56. The van der Waals surface area contributed by atoms with Crippen LogP contribution in [0.4, 0.5) is 0 Å². The lowest BCUT2D eigenvalue weighted by Crippen LogP contribution is -2.24. The molecule has 0 aliphatic heterocycles. The Morgan fingerprint density at radius 1 is 1.38 bits per heavy atom. The summed E-state index contributed by atoms with van der Waals surface area (Å²) in [5, 5.41) is 10.4. The SMILES string of the molecule is C[C@@H]1C(CO)[C@]1(CN)c1ccc(Cl)c(Cl)c1. The van der Waals surface area contributed by atoms with Crippen LogP contribution in [-0.4, -0.2) is 18.3 Å². The van der Waals surface area contributed by atoms with E-state index in [4.69, 9.17) is 28.9 Å². The second kappa shape index (κ2) is 4.19. The van der Waals surface area contributed by atoms with E-state index in [0.29, 0.717) is 22.5 Å². The number of hydrogen-bond donors (Lipinski definition) is 2. The van der Waals surface area contributed by atoms with Crippen LogP contribution in [0.3, 0.4) is 0 Å². The van der Waals surface area contributed by atoms with Crippen molar-refractivity contribution in [2.45, 2.75) is 12.3 Å². The molecule has 0 heterocycles. The third-order valence-corrected chi connectivity index (χ3v) is 4.70. The molecule has 0 saturated heterocycles. The van der Waals surface area contributed by atoms with Crippen molar-refractivity contribution in [3.05, 3.63) is 33.8 Å². The van der Waals surface area contributed by atoms with Gasteiger partial charge < -0.3 is 10.8 Å². The fraction of sp³-hybridized carbons (Fsp3) is 0.500. The van der Waals surface area contributed by atoms with E-state index in [1.54, 1.807) is 6.07 Å². The maximum absolute atomic E-state index is 9.31. The summed E-state index contributed by atoms with van der Waals surface area (Å²) in [5.74, 6) is 0.620. The largest absolute Gasteiger partial charge is 0.396 e. The zero-order valence-corrected chi connectivity index (χ0v) is 10.6. The van der Waals surface area contributed by atoms with Gasteiger partial charge in [-0.2, -0.15) is 0 Å². The van der Waals surface area contributed by atoms with E-state index in [1.165, 1.54) is 0 Å². The molecule has 4 heteroatoms. The molecule has 1 aromatic rings. The average Bonchev–Trinajstić information content (AvgIpc) is 2.88. The summed E-state index contributed by atoms with van der Waals surface area (Å²) in [6, 6.07) is 5.60. The summed E-state index contributed by atoms with van der Waals surface area (Å²) in [6.45, 7) is 2.80. The van der Waals surface area contributed by atoms with Crippen LogP contribution in [0.15, 0.2) is 18.2 Å². The molecule has 1 unspecified atom stereocenters. The molecule has 1 fully saturated rings. The van der Waals surface area contributed by atoms with Crippen molar-refractivity contribution in [1.29, 1.82) is 0 Å². The molecule has 0 bridgehead atoms. The number of rotatable bonds is 3. The van der Waals surface area contributed by atoms with Crippen molar-refractivity contribution >= 4 is 23.2 Å². The first-order chi connectivity index (χ1) is 7.57. The second-order valence-corrected chi connectivity index (χ2v) is 5.27. The van der Waals surface area contributed by atoms with Crippen LogP contribution in [0, 0.1) is 11.8 Å². The van der Waals surface area contributed by atoms with Gasteiger partial charge in [-0.3, -0.25) is 0 Å². The molecule has 3 N–H and O–H groups in total. The molecule has 2 rings (SSSR count). The van der Waals surface area contributed by atoms with E-state index in [0.717, 1.165) is 5.56 Å². The van der Waals surface area contributed by atoms with Gasteiger partial charge in [0.15, 0.2) is 0 Å². The molecule has 0 amide bonds. The Hall–Kier alpha value is -0.280. The Labute approximate surface area is 105 Å². The molecule has 0 radical (unpaired) electrons. The Bertz CT molecular complexity index is 410. The van der Waals surface area contributed by atoms with Crippen LogP contribution in [0.2, 0.25) is 10.0 Å². The average molecular weight is 260 g/mol. The summed E-state index contributed by atoms with van der Waals surface area (Å²) in [6.07, 6.45) is 0. The molecule has 1 saturated carbocycles. The van der Waals surface area contributed by atoms with Gasteiger partial charge in [-0.25, -0.2) is 0 Å². The van der Waals surface area contributed by atoms with Crippen LogP contribution in [-0.2, 0) is 5.41 Å². The Morgan fingerprint density at radius 2 is 2.06 bits per heavy atom. The molecule has 0 aromatic heterocycles. The minimum atomic E-state index is -0.122. The Balaban J connectivity index is 2.40. The topological polar surface area (TPSA) is 46.2 Å². The molecule has 1 aromatic carbocycles. The monoisotopic (exact) mass is 259 g/mol. The zero-order chi connectivity index (χ0) is 11.9. The van der Waals surface area contributed by atoms with Crippen LogP contribution in [0.5, 0.6) is 0 Å². The maximum Gasteiger partial charge on any atom is 0.0595 e. The lowest BCUT2D eigenvalue weighted by Gasteiger charge is -2.16. The van der Waals surface area contributed by atoms with E-state index >= 15 is 0 Å². The van der Waals surface area contributed by atoms with Crippen molar-refractivity contribution in [2.24, 2.45) is 17.6 Å². The van der Waals surface area contributed by atoms with E-state index in [2.05, 4.69) is 6.92 Å². The first-order valence-corrected chi connectivity index (χ1v) is 6.10. The fourth-order valence-corrected chi connectivity index (χ4v) is 3.06. The summed E-state index contributed by atoms with van der Waals surface area (Å²) >= 11 is 11.9. The van der Waals surface area contributed by atoms with Gasteiger partial charge in [0.2, 0.25) is 0 Å². The van der Waals surface area contributed by atoms with Gasteiger partial charge >= 0.3 is 0 Å². The van der Waals surface area contributed by atoms with Crippen molar-refractivity contribution in [3.8, 4) is 0 Å². The van der Waals surface area contributed by atoms with Crippen LogP contribution < -0.4 is 5.73 Å². The highest BCUT2D eigenvalue weighted by Gasteiger charge is 2.61. The molecule has 1 aliphatic carbocycles. The maximum atomic E-state index is 9.31. The van der Waals surface area contributed by atoms with Crippen molar-refractivity contribution in [1.82, 2.24) is 0 Å². The molecule has 0 spiro atoms. The van der Waals surface area contributed by atoms with Crippen LogP contribution in [0.1, 0.15) is 12.5 Å². The first kappa shape index (κ1) is 12.2. The molecule has 88 valence electrons. The number of aliphatic hydroxyl groups is 1. The van der Waals surface area contributed by atoms with E-state index in [-0.39, 0.29) is 17.9 Å². The first-order valence-electron chi connectivity index (χ1n) is 5.34. The Morgan fingerprint density at radius 3 is 2.50 bits per heavy atom. The van der Waals surface area contributed by atoms with E-state index in [1.807, 2.05) is 12.1 Å². The van der Waals surface area contributed by atoms with Gasteiger partial charge in [0.25, 0.3) is 0 Å².